The lowest BCUT2D eigenvalue weighted by Gasteiger charge is -2.16. The number of amides is 2. The van der Waals surface area contributed by atoms with Gasteiger partial charge in [-0.25, -0.2) is 0 Å². The Morgan fingerprint density at radius 1 is 1.19 bits per heavy atom. The first-order chi connectivity index (χ1) is 9.58. The Hall–Kier alpha value is -1.24. The van der Waals surface area contributed by atoms with Crippen LogP contribution in [0.3, 0.4) is 0 Å². The molecule has 21 heavy (non-hydrogen) atoms. The molecule has 2 amide bonds. The molecule has 2 atom stereocenters. The van der Waals surface area contributed by atoms with E-state index in [2.05, 4.69) is 0 Å². The maximum absolute atomic E-state index is 12.0. The fourth-order valence-corrected chi connectivity index (χ4v) is 3.08. The van der Waals surface area contributed by atoms with Gasteiger partial charge in [0.25, 0.3) is 0 Å². The second-order valence-corrected chi connectivity index (χ2v) is 5.92. The normalized spacial score (nSPS) is 20.9. The van der Waals surface area contributed by atoms with Crippen LogP contribution >= 0.6 is 24.2 Å². The first kappa shape index (κ1) is 17.8. The van der Waals surface area contributed by atoms with E-state index in [4.69, 9.17) is 11.5 Å². The maximum Gasteiger partial charge on any atom is 0.232 e. The Balaban J connectivity index is 0.00000220. The molecule has 7 heteroatoms. The fourth-order valence-electron chi connectivity index (χ4n) is 2.42. The van der Waals surface area contributed by atoms with Crippen molar-refractivity contribution in [2.75, 3.05) is 24.6 Å². The zero-order valence-corrected chi connectivity index (χ0v) is 13.2. The Bertz CT molecular complexity index is 486. The van der Waals surface area contributed by atoms with Gasteiger partial charge in [-0.3, -0.25) is 9.59 Å². The minimum atomic E-state index is -0.400. The fraction of sp³-hybridized carbons (Fsp3) is 0.429. The van der Waals surface area contributed by atoms with Crippen LogP contribution in [-0.2, 0) is 9.59 Å². The van der Waals surface area contributed by atoms with Crippen molar-refractivity contribution >= 4 is 36.0 Å². The van der Waals surface area contributed by atoms with E-state index in [1.54, 1.807) is 4.90 Å². The van der Waals surface area contributed by atoms with Crippen LogP contribution in [0, 0.1) is 0 Å². The van der Waals surface area contributed by atoms with Gasteiger partial charge in [0, 0.05) is 25.0 Å². The molecule has 0 bridgehead atoms. The van der Waals surface area contributed by atoms with Crippen LogP contribution in [0.25, 0.3) is 0 Å². The molecule has 0 radical (unpaired) electrons. The molecule has 1 heterocycles. The van der Waals surface area contributed by atoms with E-state index in [1.807, 2.05) is 30.3 Å². The number of nitrogens with zero attached hydrogens (tertiary/aromatic N) is 1. The SMILES string of the molecule is Cl.NC(=O)CSCC(=O)N1C[C@@H](N)[C@H](c2ccccc2)C1. The summed E-state index contributed by atoms with van der Waals surface area (Å²) in [4.78, 5) is 24.5. The van der Waals surface area contributed by atoms with Gasteiger partial charge in [-0.15, -0.1) is 24.2 Å². The van der Waals surface area contributed by atoms with Gasteiger partial charge in [0.1, 0.15) is 0 Å². The molecule has 0 spiro atoms. The molecule has 1 fully saturated rings. The van der Waals surface area contributed by atoms with Crippen molar-refractivity contribution in [1.82, 2.24) is 4.90 Å². The molecule has 1 aromatic rings. The third kappa shape index (κ3) is 4.91. The molecule has 1 aliphatic heterocycles. The Labute approximate surface area is 134 Å². The number of benzene rings is 1. The smallest absolute Gasteiger partial charge is 0.232 e. The molecule has 0 unspecified atom stereocenters. The van der Waals surface area contributed by atoms with Gasteiger partial charge in [-0.05, 0) is 5.56 Å². The summed E-state index contributed by atoms with van der Waals surface area (Å²) in [6.07, 6.45) is 0. The summed E-state index contributed by atoms with van der Waals surface area (Å²) in [7, 11) is 0. The van der Waals surface area contributed by atoms with Crippen LogP contribution in [-0.4, -0.2) is 47.4 Å². The molecule has 4 N–H and O–H groups in total. The highest BCUT2D eigenvalue weighted by molar-refractivity contribution is 8.00. The largest absolute Gasteiger partial charge is 0.369 e. The van der Waals surface area contributed by atoms with Crippen molar-refractivity contribution in [3.05, 3.63) is 35.9 Å². The van der Waals surface area contributed by atoms with E-state index in [-0.39, 0.29) is 41.8 Å². The second kappa shape index (κ2) is 8.26. The van der Waals surface area contributed by atoms with Crippen LogP contribution in [0.4, 0.5) is 0 Å². The Kier molecular flexibility index (Phi) is 7.01. The number of thioether (sulfide) groups is 1. The zero-order valence-electron chi connectivity index (χ0n) is 11.6. The topological polar surface area (TPSA) is 89.4 Å². The zero-order chi connectivity index (χ0) is 14.5. The molecule has 5 nitrogen and oxygen atoms in total. The predicted molar refractivity (Wildman–Crippen MR) is 87.5 cm³/mol. The Morgan fingerprint density at radius 2 is 1.86 bits per heavy atom. The summed E-state index contributed by atoms with van der Waals surface area (Å²) in [5.41, 5.74) is 12.4. The highest BCUT2D eigenvalue weighted by atomic mass is 35.5. The summed E-state index contributed by atoms with van der Waals surface area (Å²) in [5, 5.41) is 0. The summed E-state index contributed by atoms with van der Waals surface area (Å²) in [6.45, 7) is 1.21. The van der Waals surface area contributed by atoms with E-state index in [0.717, 1.165) is 0 Å². The van der Waals surface area contributed by atoms with Crippen LogP contribution in [0.1, 0.15) is 11.5 Å². The van der Waals surface area contributed by atoms with Gasteiger partial charge in [0.05, 0.1) is 11.5 Å². The lowest BCUT2D eigenvalue weighted by atomic mass is 9.95. The van der Waals surface area contributed by atoms with E-state index in [1.165, 1.54) is 17.3 Å². The minimum absolute atomic E-state index is 0. The number of hydrogen-bond acceptors (Lipinski definition) is 4. The average molecular weight is 330 g/mol. The number of primary amides is 1. The number of nitrogens with two attached hydrogens (primary N) is 2. The maximum atomic E-state index is 12.0. The highest BCUT2D eigenvalue weighted by Gasteiger charge is 2.33. The third-order valence-corrected chi connectivity index (χ3v) is 4.36. The quantitative estimate of drug-likeness (QED) is 0.827. The van der Waals surface area contributed by atoms with Gasteiger partial charge in [0.2, 0.25) is 11.8 Å². The van der Waals surface area contributed by atoms with Gasteiger partial charge >= 0.3 is 0 Å². The average Bonchev–Trinajstić information content (AvgIpc) is 2.81. The third-order valence-electron chi connectivity index (χ3n) is 3.42. The summed E-state index contributed by atoms with van der Waals surface area (Å²) in [6, 6.07) is 9.97. The van der Waals surface area contributed by atoms with Crippen LogP contribution in [0.15, 0.2) is 30.3 Å². The number of carbonyl (C=O) groups is 2. The number of likely N-dealkylation sites (tertiary alicyclic amines) is 1. The lowest BCUT2D eigenvalue weighted by Crippen LogP contribution is -2.33. The number of hydrogen-bond donors (Lipinski definition) is 2. The van der Waals surface area contributed by atoms with Gasteiger partial charge in [-0.2, -0.15) is 0 Å². The summed E-state index contributed by atoms with van der Waals surface area (Å²) >= 11 is 1.25. The van der Waals surface area contributed by atoms with Crippen LogP contribution in [0.2, 0.25) is 0 Å². The van der Waals surface area contributed by atoms with Gasteiger partial charge in [0.15, 0.2) is 0 Å². The van der Waals surface area contributed by atoms with Crippen molar-refractivity contribution in [3.8, 4) is 0 Å². The first-order valence-corrected chi connectivity index (χ1v) is 7.67. The molecule has 0 aliphatic carbocycles. The number of rotatable bonds is 5. The van der Waals surface area contributed by atoms with E-state index in [9.17, 15) is 9.59 Å². The molecule has 1 saturated heterocycles. The van der Waals surface area contributed by atoms with E-state index >= 15 is 0 Å². The molecular formula is C14H20ClN3O2S. The van der Waals surface area contributed by atoms with Crippen molar-refractivity contribution < 1.29 is 9.59 Å². The minimum Gasteiger partial charge on any atom is -0.369 e. The lowest BCUT2D eigenvalue weighted by molar-refractivity contribution is -0.127. The number of carbonyl (C=O) groups excluding carboxylic acids is 2. The van der Waals surface area contributed by atoms with E-state index in [0.29, 0.717) is 13.1 Å². The van der Waals surface area contributed by atoms with Crippen molar-refractivity contribution in [3.63, 3.8) is 0 Å². The molecule has 2 rings (SSSR count). The molecule has 0 aromatic heterocycles. The summed E-state index contributed by atoms with van der Waals surface area (Å²) < 4.78 is 0. The van der Waals surface area contributed by atoms with Crippen LogP contribution < -0.4 is 11.5 Å². The number of halogens is 1. The predicted octanol–water partition coefficient (Wildman–Crippen LogP) is 0.580. The van der Waals surface area contributed by atoms with Crippen molar-refractivity contribution in [1.29, 1.82) is 0 Å². The van der Waals surface area contributed by atoms with Gasteiger partial charge in [-0.1, -0.05) is 30.3 Å². The first-order valence-electron chi connectivity index (χ1n) is 6.52. The Morgan fingerprint density at radius 3 is 2.48 bits per heavy atom. The van der Waals surface area contributed by atoms with Crippen molar-refractivity contribution in [2.45, 2.75) is 12.0 Å². The van der Waals surface area contributed by atoms with Gasteiger partial charge < -0.3 is 16.4 Å². The summed E-state index contributed by atoms with van der Waals surface area (Å²) in [5.74, 6) is 0.250. The van der Waals surface area contributed by atoms with Crippen LogP contribution in [0.5, 0.6) is 0 Å². The van der Waals surface area contributed by atoms with E-state index < -0.39 is 5.91 Å². The second-order valence-electron chi connectivity index (χ2n) is 4.94. The molecule has 0 saturated carbocycles. The monoisotopic (exact) mass is 329 g/mol. The van der Waals surface area contributed by atoms with Crippen molar-refractivity contribution in [2.24, 2.45) is 11.5 Å². The standard InChI is InChI=1S/C14H19N3O2S.ClH/c15-12-7-17(14(19)9-20-8-13(16)18)6-11(12)10-4-2-1-3-5-10;/h1-5,11-12H,6-9,15H2,(H2,16,18);1H/t11-,12+;/m0./s1. The molecular weight excluding hydrogens is 310 g/mol. The molecule has 116 valence electrons. The highest BCUT2D eigenvalue weighted by Crippen LogP contribution is 2.26. The molecule has 1 aromatic carbocycles. The molecule has 1 aliphatic rings.